The summed E-state index contributed by atoms with van der Waals surface area (Å²) in [6, 6.07) is 15.6. The summed E-state index contributed by atoms with van der Waals surface area (Å²) in [5.74, 6) is -1.92. The lowest BCUT2D eigenvalue weighted by Crippen LogP contribution is -2.27. The Morgan fingerprint density at radius 2 is 1.48 bits per heavy atom. The molecule has 27 heavy (non-hydrogen) atoms. The largest absolute Gasteiger partial charge is 0.545 e. The highest BCUT2D eigenvalue weighted by molar-refractivity contribution is 6.12. The SMILES string of the molecule is O=C(NCc1ccco1)c1ccccc1NC(=O)c1ccccc1C(=O)[O-]. The van der Waals surface area contributed by atoms with Gasteiger partial charge < -0.3 is 25.0 Å². The van der Waals surface area contributed by atoms with Gasteiger partial charge in [-0.25, -0.2) is 0 Å². The van der Waals surface area contributed by atoms with Gasteiger partial charge in [0.25, 0.3) is 11.8 Å². The summed E-state index contributed by atoms with van der Waals surface area (Å²) >= 11 is 0. The van der Waals surface area contributed by atoms with Crippen LogP contribution >= 0.6 is 0 Å². The molecule has 1 heterocycles. The van der Waals surface area contributed by atoms with Gasteiger partial charge in [0, 0.05) is 11.1 Å². The monoisotopic (exact) mass is 363 g/mol. The molecule has 0 aliphatic heterocycles. The van der Waals surface area contributed by atoms with Crippen LogP contribution in [-0.2, 0) is 6.54 Å². The minimum atomic E-state index is -1.45. The van der Waals surface area contributed by atoms with Crippen molar-refractivity contribution in [1.82, 2.24) is 5.32 Å². The lowest BCUT2D eigenvalue weighted by atomic mass is 10.1. The van der Waals surface area contributed by atoms with Crippen LogP contribution in [0.4, 0.5) is 5.69 Å². The molecule has 2 N–H and O–H groups in total. The Hall–Kier alpha value is -3.87. The Morgan fingerprint density at radius 3 is 2.15 bits per heavy atom. The van der Waals surface area contributed by atoms with Gasteiger partial charge in [-0.05, 0) is 30.3 Å². The van der Waals surface area contributed by atoms with Gasteiger partial charge in [0.15, 0.2) is 0 Å². The normalized spacial score (nSPS) is 10.2. The van der Waals surface area contributed by atoms with E-state index in [-0.39, 0.29) is 28.9 Å². The summed E-state index contributed by atoms with van der Waals surface area (Å²) in [5, 5.41) is 16.5. The van der Waals surface area contributed by atoms with Crippen LogP contribution in [0.1, 0.15) is 36.8 Å². The molecule has 0 aliphatic carbocycles. The number of carboxylic acid groups (broad SMARTS) is 1. The zero-order valence-corrected chi connectivity index (χ0v) is 14.1. The van der Waals surface area contributed by atoms with Crippen LogP contribution in [0.5, 0.6) is 0 Å². The minimum absolute atomic E-state index is 0.0525. The summed E-state index contributed by atoms with van der Waals surface area (Å²) in [5.41, 5.74) is 0.217. The van der Waals surface area contributed by atoms with Gasteiger partial charge in [-0.15, -0.1) is 0 Å². The number of rotatable bonds is 6. The van der Waals surface area contributed by atoms with Crippen LogP contribution in [0.2, 0.25) is 0 Å². The quantitative estimate of drug-likeness (QED) is 0.694. The van der Waals surface area contributed by atoms with Crippen LogP contribution in [0, 0.1) is 0 Å². The highest BCUT2D eigenvalue weighted by Gasteiger charge is 2.16. The third-order valence-corrected chi connectivity index (χ3v) is 3.81. The molecule has 0 unspecified atom stereocenters. The first-order chi connectivity index (χ1) is 13.1. The highest BCUT2D eigenvalue weighted by Crippen LogP contribution is 2.18. The lowest BCUT2D eigenvalue weighted by Gasteiger charge is -2.13. The fraction of sp³-hybridized carbons (Fsp3) is 0.0500. The Labute approximate surface area is 154 Å². The van der Waals surface area contributed by atoms with Crippen molar-refractivity contribution in [2.24, 2.45) is 0 Å². The predicted octanol–water partition coefficient (Wildman–Crippen LogP) is 1.83. The van der Waals surface area contributed by atoms with E-state index >= 15 is 0 Å². The Balaban J connectivity index is 1.79. The number of benzene rings is 2. The minimum Gasteiger partial charge on any atom is -0.545 e. The molecule has 0 atom stereocenters. The zero-order chi connectivity index (χ0) is 19.2. The summed E-state index contributed by atoms with van der Waals surface area (Å²) in [7, 11) is 0. The van der Waals surface area contributed by atoms with E-state index in [1.807, 2.05) is 0 Å². The fourth-order valence-corrected chi connectivity index (χ4v) is 2.51. The molecular weight excluding hydrogens is 348 g/mol. The summed E-state index contributed by atoms with van der Waals surface area (Å²) in [4.78, 5) is 36.1. The lowest BCUT2D eigenvalue weighted by molar-refractivity contribution is -0.255. The number of amides is 2. The molecule has 0 saturated heterocycles. The van der Waals surface area contributed by atoms with Gasteiger partial charge in [0.1, 0.15) is 5.76 Å². The first kappa shape index (κ1) is 17.9. The van der Waals surface area contributed by atoms with Gasteiger partial charge in [-0.1, -0.05) is 30.3 Å². The molecule has 2 amide bonds. The molecule has 0 spiro atoms. The van der Waals surface area contributed by atoms with E-state index in [1.165, 1.54) is 24.5 Å². The van der Waals surface area contributed by atoms with E-state index in [4.69, 9.17) is 4.42 Å². The van der Waals surface area contributed by atoms with Gasteiger partial charge in [-0.3, -0.25) is 9.59 Å². The molecule has 0 aliphatic rings. The molecular formula is C20H15N2O5-. The number of carbonyl (C=O) groups excluding carboxylic acids is 3. The van der Waals surface area contributed by atoms with E-state index in [0.717, 1.165) is 0 Å². The van der Waals surface area contributed by atoms with E-state index in [9.17, 15) is 19.5 Å². The summed E-state index contributed by atoms with van der Waals surface area (Å²) in [6.45, 7) is 0.196. The molecule has 7 nitrogen and oxygen atoms in total. The maximum Gasteiger partial charge on any atom is 0.256 e. The van der Waals surface area contributed by atoms with Crippen molar-refractivity contribution in [3.8, 4) is 0 Å². The van der Waals surface area contributed by atoms with Crippen molar-refractivity contribution >= 4 is 23.5 Å². The van der Waals surface area contributed by atoms with Crippen LogP contribution in [0.3, 0.4) is 0 Å². The molecule has 2 aromatic carbocycles. The molecule has 1 aromatic heterocycles. The summed E-state index contributed by atoms with van der Waals surface area (Å²) in [6.07, 6.45) is 1.50. The Kier molecular flexibility index (Phi) is 5.32. The van der Waals surface area contributed by atoms with Gasteiger partial charge >= 0.3 is 0 Å². The van der Waals surface area contributed by atoms with E-state index in [0.29, 0.717) is 5.76 Å². The second kappa shape index (κ2) is 8.01. The smallest absolute Gasteiger partial charge is 0.256 e. The average Bonchev–Trinajstić information content (AvgIpc) is 3.20. The molecule has 3 aromatic rings. The number of carboxylic acids is 1. The van der Waals surface area contributed by atoms with Crippen LogP contribution in [-0.4, -0.2) is 17.8 Å². The molecule has 136 valence electrons. The topological polar surface area (TPSA) is 111 Å². The van der Waals surface area contributed by atoms with Gasteiger partial charge in [-0.2, -0.15) is 0 Å². The van der Waals surface area contributed by atoms with Crippen LogP contribution in [0.15, 0.2) is 71.3 Å². The molecule has 7 heteroatoms. The van der Waals surface area contributed by atoms with Crippen molar-refractivity contribution in [2.75, 3.05) is 5.32 Å². The van der Waals surface area contributed by atoms with E-state index in [2.05, 4.69) is 10.6 Å². The van der Waals surface area contributed by atoms with Crippen molar-refractivity contribution < 1.29 is 23.9 Å². The first-order valence-electron chi connectivity index (χ1n) is 8.07. The number of furan rings is 1. The Bertz CT molecular complexity index is 980. The predicted molar refractivity (Wildman–Crippen MR) is 95.0 cm³/mol. The maximum absolute atomic E-state index is 12.5. The molecule has 0 bridgehead atoms. The second-order valence-corrected chi connectivity index (χ2v) is 5.59. The molecule has 0 fully saturated rings. The maximum atomic E-state index is 12.5. The van der Waals surface area contributed by atoms with E-state index < -0.39 is 17.8 Å². The fourth-order valence-electron chi connectivity index (χ4n) is 2.51. The second-order valence-electron chi connectivity index (χ2n) is 5.59. The third-order valence-electron chi connectivity index (χ3n) is 3.81. The molecule has 3 rings (SSSR count). The first-order valence-corrected chi connectivity index (χ1v) is 8.07. The van der Waals surface area contributed by atoms with Gasteiger partial charge in [0.2, 0.25) is 0 Å². The standard InChI is InChI=1S/C20H16N2O5/c23-18(21-12-13-6-5-11-27-13)16-9-3-4-10-17(16)22-19(24)14-7-1-2-8-15(14)20(25)26/h1-11H,12H2,(H,21,23)(H,22,24)(H,25,26)/p-1. The van der Waals surface area contributed by atoms with Crippen molar-refractivity contribution in [2.45, 2.75) is 6.54 Å². The van der Waals surface area contributed by atoms with Crippen LogP contribution in [0.25, 0.3) is 0 Å². The van der Waals surface area contributed by atoms with Crippen molar-refractivity contribution in [1.29, 1.82) is 0 Å². The van der Waals surface area contributed by atoms with Gasteiger partial charge in [0.05, 0.1) is 30.0 Å². The number of para-hydroxylation sites is 1. The van der Waals surface area contributed by atoms with Crippen LogP contribution < -0.4 is 15.7 Å². The zero-order valence-electron chi connectivity index (χ0n) is 14.1. The highest BCUT2D eigenvalue weighted by atomic mass is 16.4. The Morgan fingerprint density at radius 1 is 0.815 bits per heavy atom. The number of hydrogen-bond acceptors (Lipinski definition) is 5. The number of aromatic carboxylic acids is 1. The number of carbonyl (C=O) groups is 3. The molecule has 0 saturated carbocycles. The summed E-state index contributed by atoms with van der Waals surface area (Å²) < 4.78 is 5.16. The molecule has 0 radical (unpaired) electrons. The van der Waals surface area contributed by atoms with Crippen molar-refractivity contribution in [3.05, 3.63) is 89.4 Å². The average molecular weight is 363 g/mol. The van der Waals surface area contributed by atoms with Crippen molar-refractivity contribution in [3.63, 3.8) is 0 Å². The number of nitrogens with one attached hydrogen (secondary N) is 2. The number of hydrogen-bond donors (Lipinski definition) is 2. The third kappa shape index (κ3) is 4.21. The van der Waals surface area contributed by atoms with E-state index in [1.54, 1.807) is 42.5 Å². The number of anilines is 1.